The lowest BCUT2D eigenvalue weighted by Gasteiger charge is -2.04. The summed E-state index contributed by atoms with van der Waals surface area (Å²) in [5.41, 5.74) is 7.95. The van der Waals surface area contributed by atoms with Crippen LogP contribution in [-0.4, -0.2) is 37.1 Å². The molecule has 0 unspecified atom stereocenters. The van der Waals surface area contributed by atoms with Gasteiger partial charge in [0.15, 0.2) is 0 Å². The van der Waals surface area contributed by atoms with Crippen molar-refractivity contribution in [2.24, 2.45) is 5.10 Å². The Morgan fingerprint density at radius 3 is 2.66 bits per heavy atom. The van der Waals surface area contributed by atoms with Crippen LogP contribution >= 0.6 is 0 Å². The average Bonchev–Trinajstić information content (AvgIpc) is 3.33. The lowest BCUT2D eigenvalue weighted by atomic mass is 10.1. The predicted molar refractivity (Wildman–Crippen MR) is 110 cm³/mol. The van der Waals surface area contributed by atoms with Crippen molar-refractivity contribution in [1.82, 2.24) is 30.4 Å². The van der Waals surface area contributed by atoms with Gasteiger partial charge in [-0.2, -0.15) is 15.3 Å². The van der Waals surface area contributed by atoms with Crippen LogP contribution in [0.15, 0.2) is 66.0 Å². The summed E-state index contributed by atoms with van der Waals surface area (Å²) in [5, 5.41) is 15.7. The van der Waals surface area contributed by atoms with Crippen molar-refractivity contribution in [3.8, 4) is 16.9 Å². The largest absolute Gasteiger partial charge is 0.289 e. The number of hydrogen-bond donors (Lipinski definition) is 2. The Balaban J connectivity index is 1.54. The molecule has 0 saturated heterocycles. The molecule has 29 heavy (non-hydrogen) atoms. The van der Waals surface area contributed by atoms with Crippen LogP contribution < -0.4 is 5.43 Å². The van der Waals surface area contributed by atoms with Gasteiger partial charge in [-0.15, -0.1) is 0 Å². The van der Waals surface area contributed by atoms with Crippen molar-refractivity contribution in [3.05, 3.63) is 83.6 Å². The number of carbonyl (C=O) groups excluding carboxylic acids is 1. The second kappa shape index (κ2) is 7.89. The third-order valence-electron chi connectivity index (χ3n) is 4.46. The van der Waals surface area contributed by atoms with Crippen LogP contribution in [0.25, 0.3) is 16.9 Å². The topological polar surface area (TPSA) is 101 Å². The number of aryl methyl sites for hydroxylation is 1. The molecule has 8 nitrogen and oxygen atoms in total. The summed E-state index contributed by atoms with van der Waals surface area (Å²) < 4.78 is 1.87. The number of rotatable bonds is 5. The summed E-state index contributed by atoms with van der Waals surface area (Å²) in [6.45, 7) is 3.91. The van der Waals surface area contributed by atoms with Crippen LogP contribution in [0.4, 0.5) is 0 Å². The number of aromatic amines is 1. The van der Waals surface area contributed by atoms with Gasteiger partial charge in [-0.05, 0) is 49.7 Å². The number of H-pyrrole nitrogens is 1. The first-order chi connectivity index (χ1) is 14.1. The molecule has 0 bridgehead atoms. The highest BCUT2D eigenvalue weighted by atomic mass is 16.2. The number of para-hydroxylation sites is 1. The fourth-order valence-corrected chi connectivity index (χ4v) is 3.08. The van der Waals surface area contributed by atoms with E-state index in [-0.39, 0.29) is 5.91 Å². The lowest BCUT2D eigenvalue weighted by molar-refractivity contribution is 0.0950. The molecule has 3 aromatic heterocycles. The Hall–Kier alpha value is -4.07. The maximum absolute atomic E-state index is 12.3. The fraction of sp³-hybridized carbons (Fsp3) is 0.0952. The Morgan fingerprint density at radius 1 is 1.14 bits per heavy atom. The van der Waals surface area contributed by atoms with Gasteiger partial charge in [0.2, 0.25) is 0 Å². The zero-order valence-corrected chi connectivity index (χ0v) is 16.0. The van der Waals surface area contributed by atoms with E-state index < -0.39 is 0 Å². The number of nitrogens with zero attached hydrogens (tertiary/aromatic N) is 5. The quantitative estimate of drug-likeness (QED) is 0.407. The van der Waals surface area contributed by atoms with Crippen molar-refractivity contribution < 1.29 is 4.79 Å². The molecule has 0 fully saturated rings. The van der Waals surface area contributed by atoms with Gasteiger partial charge >= 0.3 is 0 Å². The molecular weight excluding hydrogens is 366 g/mol. The maximum Gasteiger partial charge on any atom is 0.289 e. The molecule has 4 rings (SSSR count). The van der Waals surface area contributed by atoms with Crippen LogP contribution in [0.5, 0.6) is 0 Å². The molecular formula is C21H19N7O. The highest BCUT2D eigenvalue weighted by Gasteiger charge is 2.18. The van der Waals surface area contributed by atoms with Crippen LogP contribution in [0.2, 0.25) is 0 Å². The summed E-state index contributed by atoms with van der Waals surface area (Å²) in [6, 6.07) is 15.2. The van der Waals surface area contributed by atoms with Gasteiger partial charge < -0.3 is 0 Å². The van der Waals surface area contributed by atoms with E-state index in [1.807, 2.05) is 48.9 Å². The molecule has 0 aliphatic rings. The number of amides is 1. The van der Waals surface area contributed by atoms with Crippen LogP contribution in [0, 0.1) is 13.8 Å². The van der Waals surface area contributed by atoms with Crippen LogP contribution in [0.1, 0.15) is 27.4 Å². The van der Waals surface area contributed by atoms with Crippen molar-refractivity contribution in [2.75, 3.05) is 0 Å². The number of aromatic nitrogens is 5. The van der Waals surface area contributed by atoms with Gasteiger partial charge in [0.1, 0.15) is 5.69 Å². The van der Waals surface area contributed by atoms with E-state index >= 15 is 0 Å². The zero-order valence-electron chi connectivity index (χ0n) is 16.0. The highest BCUT2D eigenvalue weighted by molar-refractivity contribution is 5.94. The molecule has 0 saturated carbocycles. The first-order valence-corrected chi connectivity index (χ1v) is 9.04. The molecule has 0 aliphatic carbocycles. The van der Waals surface area contributed by atoms with Crippen molar-refractivity contribution in [3.63, 3.8) is 0 Å². The summed E-state index contributed by atoms with van der Waals surface area (Å²) in [7, 11) is 0. The van der Waals surface area contributed by atoms with E-state index in [2.05, 4.69) is 30.8 Å². The molecule has 3 heterocycles. The second-order valence-corrected chi connectivity index (χ2v) is 6.44. The number of nitrogens with one attached hydrogen (secondary N) is 2. The predicted octanol–water partition coefficient (Wildman–Crippen LogP) is 3.04. The molecule has 0 spiro atoms. The van der Waals surface area contributed by atoms with E-state index in [1.165, 1.54) is 0 Å². The molecule has 4 aromatic rings. The molecule has 2 N–H and O–H groups in total. The maximum atomic E-state index is 12.3. The monoisotopic (exact) mass is 385 g/mol. The third-order valence-corrected chi connectivity index (χ3v) is 4.46. The fourth-order valence-electron chi connectivity index (χ4n) is 3.08. The van der Waals surface area contributed by atoms with E-state index in [9.17, 15) is 4.79 Å². The first kappa shape index (κ1) is 18.3. The number of hydrogen-bond acceptors (Lipinski definition) is 5. The Bertz CT molecular complexity index is 1160. The van der Waals surface area contributed by atoms with Gasteiger partial charge in [-0.25, -0.2) is 10.1 Å². The van der Waals surface area contributed by atoms with Gasteiger partial charge in [0.25, 0.3) is 5.91 Å². The minimum Gasteiger partial charge on any atom is -0.272 e. The molecule has 0 radical (unpaired) electrons. The summed E-state index contributed by atoms with van der Waals surface area (Å²) in [4.78, 5) is 16.3. The van der Waals surface area contributed by atoms with Gasteiger partial charge in [0.05, 0.1) is 29.0 Å². The van der Waals surface area contributed by atoms with E-state index in [1.54, 1.807) is 36.8 Å². The standard InChI is InChI=1S/C21H19N7O/c1-14-20(15(2)28(27-14)17-6-4-3-5-7-17)18-12-19(25-24-18)21(29)26-23-13-16-8-10-22-11-9-16/h3-13H,1-2H3,(H,24,25)(H,26,29). The van der Waals surface area contributed by atoms with E-state index in [4.69, 9.17) is 0 Å². The molecule has 144 valence electrons. The second-order valence-electron chi connectivity index (χ2n) is 6.44. The van der Waals surface area contributed by atoms with Gasteiger partial charge in [-0.1, -0.05) is 18.2 Å². The molecule has 0 aliphatic heterocycles. The van der Waals surface area contributed by atoms with Crippen LogP contribution in [-0.2, 0) is 0 Å². The minimum absolute atomic E-state index is 0.318. The Kier molecular flexibility index (Phi) is 4.98. The smallest absolute Gasteiger partial charge is 0.272 e. The molecule has 1 aromatic carbocycles. The SMILES string of the molecule is Cc1nn(-c2ccccc2)c(C)c1-c1cc(C(=O)NN=Cc2ccncc2)[nH]n1. The van der Waals surface area contributed by atoms with Gasteiger partial charge in [0, 0.05) is 18.0 Å². The Morgan fingerprint density at radius 2 is 1.90 bits per heavy atom. The summed E-state index contributed by atoms with van der Waals surface area (Å²) in [5.74, 6) is -0.375. The lowest BCUT2D eigenvalue weighted by Crippen LogP contribution is -2.17. The summed E-state index contributed by atoms with van der Waals surface area (Å²) in [6.07, 6.45) is 4.87. The first-order valence-electron chi connectivity index (χ1n) is 9.04. The third kappa shape index (κ3) is 3.81. The number of pyridine rings is 1. The molecule has 1 amide bonds. The highest BCUT2D eigenvalue weighted by Crippen LogP contribution is 2.27. The Labute approximate surface area is 167 Å². The minimum atomic E-state index is -0.375. The van der Waals surface area contributed by atoms with Crippen LogP contribution in [0.3, 0.4) is 0 Å². The van der Waals surface area contributed by atoms with Crippen molar-refractivity contribution in [2.45, 2.75) is 13.8 Å². The van der Waals surface area contributed by atoms with E-state index in [0.717, 1.165) is 28.2 Å². The normalized spacial score (nSPS) is 11.1. The summed E-state index contributed by atoms with van der Waals surface area (Å²) >= 11 is 0. The molecule has 8 heteroatoms. The number of benzene rings is 1. The molecule has 0 atom stereocenters. The van der Waals surface area contributed by atoms with Gasteiger partial charge in [-0.3, -0.25) is 14.9 Å². The zero-order chi connectivity index (χ0) is 20.2. The van der Waals surface area contributed by atoms with Crippen molar-refractivity contribution >= 4 is 12.1 Å². The van der Waals surface area contributed by atoms with Crippen molar-refractivity contribution in [1.29, 1.82) is 0 Å². The van der Waals surface area contributed by atoms with E-state index in [0.29, 0.717) is 11.4 Å². The number of carbonyl (C=O) groups is 1. The average molecular weight is 385 g/mol. The number of hydrazone groups is 1.